The van der Waals surface area contributed by atoms with Crippen LogP contribution in [0.4, 0.5) is 17.1 Å². The minimum atomic E-state index is -0.527. The molecular weight excluding hydrogens is 448 g/mol. The van der Waals surface area contributed by atoms with Crippen molar-refractivity contribution >= 4 is 50.4 Å². The number of thiazole rings is 1. The predicted octanol–water partition coefficient (Wildman–Crippen LogP) is 5.43. The Bertz CT molecular complexity index is 1400. The van der Waals surface area contributed by atoms with E-state index in [2.05, 4.69) is 35.0 Å². The van der Waals surface area contributed by atoms with Gasteiger partial charge in [-0.1, -0.05) is 6.07 Å². The lowest BCUT2D eigenvalue weighted by atomic mass is 10.2. The molecule has 0 saturated carbocycles. The zero-order chi connectivity index (χ0) is 23.8. The van der Waals surface area contributed by atoms with Crippen molar-refractivity contribution in [3.8, 4) is 16.3 Å². The minimum absolute atomic E-state index is 0.171. The standard InChI is InChI=1S/C26H24N4O3S/c1-14-4-10-20-23(12-14)34-26(30-20)17-5-7-18(8-6-17)28-24(31)15(2)27-19-9-11-22-21(13-19)29-25(32)16(3)33-22/h4-13,15-16,27H,1-3H3,(H,28,31)(H,29,32)/t15-,16-/m1/s1. The van der Waals surface area contributed by atoms with Gasteiger partial charge in [0.1, 0.15) is 16.8 Å². The van der Waals surface area contributed by atoms with Crippen LogP contribution < -0.4 is 20.7 Å². The van der Waals surface area contributed by atoms with Crippen molar-refractivity contribution in [2.75, 3.05) is 16.0 Å². The number of amides is 2. The summed E-state index contributed by atoms with van der Waals surface area (Å²) in [6, 6.07) is 18.8. The van der Waals surface area contributed by atoms with Gasteiger partial charge in [0.15, 0.2) is 6.10 Å². The average molecular weight is 473 g/mol. The summed E-state index contributed by atoms with van der Waals surface area (Å²) in [6.07, 6.45) is -0.527. The number of aryl methyl sites for hydroxylation is 1. The maximum atomic E-state index is 12.7. The molecule has 0 fully saturated rings. The lowest BCUT2D eigenvalue weighted by molar-refractivity contribution is -0.122. The summed E-state index contributed by atoms with van der Waals surface area (Å²) in [5, 5.41) is 9.87. The van der Waals surface area contributed by atoms with E-state index in [-0.39, 0.29) is 11.8 Å². The molecule has 7 nitrogen and oxygen atoms in total. The normalized spacial score (nSPS) is 15.7. The van der Waals surface area contributed by atoms with Gasteiger partial charge in [0.25, 0.3) is 5.91 Å². The van der Waals surface area contributed by atoms with Crippen LogP contribution in [0.2, 0.25) is 0 Å². The Morgan fingerprint density at radius 3 is 2.65 bits per heavy atom. The van der Waals surface area contributed by atoms with Gasteiger partial charge in [-0.25, -0.2) is 4.98 Å². The molecular formula is C26H24N4O3S. The first-order chi connectivity index (χ1) is 16.4. The van der Waals surface area contributed by atoms with Crippen LogP contribution in [0.15, 0.2) is 60.7 Å². The van der Waals surface area contributed by atoms with Crippen LogP contribution in [0.3, 0.4) is 0 Å². The second-order valence-corrected chi connectivity index (χ2v) is 9.41. The fraction of sp³-hybridized carbons (Fsp3) is 0.192. The zero-order valence-corrected chi connectivity index (χ0v) is 19.8. The van der Waals surface area contributed by atoms with Crippen LogP contribution in [-0.2, 0) is 9.59 Å². The quantitative estimate of drug-likeness (QED) is 0.360. The lowest BCUT2D eigenvalue weighted by Crippen LogP contribution is -2.34. The van der Waals surface area contributed by atoms with Crippen LogP contribution in [0, 0.1) is 6.92 Å². The highest BCUT2D eigenvalue weighted by atomic mass is 32.1. The smallest absolute Gasteiger partial charge is 0.265 e. The summed E-state index contributed by atoms with van der Waals surface area (Å²) in [7, 11) is 0. The van der Waals surface area contributed by atoms with E-state index in [1.807, 2.05) is 36.4 Å². The number of hydrogen-bond donors (Lipinski definition) is 3. The molecule has 0 saturated heterocycles. The summed E-state index contributed by atoms with van der Waals surface area (Å²) in [5.41, 5.74) is 5.22. The van der Waals surface area contributed by atoms with Crippen LogP contribution in [-0.4, -0.2) is 28.9 Å². The Morgan fingerprint density at radius 2 is 1.85 bits per heavy atom. The van der Waals surface area contributed by atoms with Crippen LogP contribution in [0.1, 0.15) is 19.4 Å². The summed E-state index contributed by atoms with van der Waals surface area (Å²) >= 11 is 1.66. The number of ether oxygens (including phenoxy) is 1. The number of rotatable bonds is 5. The largest absolute Gasteiger partial charge is 0.479 e. The predicted molar refractivity (Wildman–Crippen MR) is 137 cm³/mol. The van der Waals surface area contributed by atoms with Gasteiger partial charge in [-0.15, -0.1) is 11.3 Å². The highest BCUT2D eigenvalue weighted by molar-refractivity contribution is 7.21. The minimum Gasteiger partial charge on any atom is -0.479 e. The van der Waals surface area contributed by atoms with E-state index in [4.69, 9.17) is 9.72 Å². The van der Waals surface area contributed by atoms with Crippen molar-refractivity contribution in [3.05, 3.63) is 66.2 Å². The molecule has 2 atom stereocenters. The molecule has 0 spiro atoms. The number of benzene rings is 3. The number of aromatic nitrogens is 1. The van der Waals surface area contributed by atoms with Crippen molar-refractivity contribution in [2.45, 2.75) is 32.9 Å². The third kappa shape index (κ3) is 4.45. The van der Waals surface area contributed by atoms with E-state index in [0.29, 0.717) is 22.8 Å². The van der Waals surface area contributed by atoms with Gasteiger partial charge in [0.2, 0.25) is 5.91 Å². The summed E-state index contributed by atoms with van der Waals surface area (Å²) in [4.78, 5) is 29.3. The average Bonchev–Trinajstić information content (AvgIpc) is 3.23. The summed E-state index contributed by atoms with van der Waals surface area (Å²) < 4.78 is 6.73. The summed E-state index contributed by atoms with van der Waals surface area (Å²) in [5.74, 6) is 0.243. The van der Waals surface area contributed by atoms with E-state index in [0.717, 1.165) is 20.8 Å². The van der Waals surface area contributed by atoms with Gasteiger partial charge < -0.3 is 20.7 Å². The molecule has 2 amide bonds. The molecule has 0 radical (unpaired) electrons. The Hall–Kier alpha value is -3.91. The molecule has 5 rings (SSSR count). The fourth-order valence-corrected chi connectivity index (χ4v) is 4.79. The molecule has 3 N–H and O–H groups in total. The molecule has 1 aliphatic rings. The van der Waals surface area contributed by atoms with Gasteiger partial charge in [-0.3, -0.25) is 9.59 Å². The number of nitrogens with one attached hydrogen (secondary N) is 3. The maximum absolute atomic E-state index is 12.7. The van der Waals surface area contributed by atoms with Crippen molar-refractivity contribution in [2.24, 2.45) is 0 Å². The molecule has 0 unspecified atom stereocenters. The molecule has 4 aromatic rings. The highest BCUT2D eigenvalue weighted by Gasteiger charge is 2.24. The molecule has 1 aliphatic heterocycles. The number of carbonyl (C=O) groups excluding carboxylic acids is 2. The molecule has 3 aromatic carbocycles. The first kappa shape index (κ1) is 21.9. The Morgan fingerprint density at radius 1 is 1.09 bits per heavy atom. The maximum Gasteiger partial charge on any atom is 0.265 e. The highest BCUT2D eigenvalue weighted by Crippen LogP contribution is 2.33. The Labute approximate surface area is 201 Å². The summed E-state index contributed by atoms with van der Waals surface area (Å²) in [6.45, 7) is 5.55. The monoisotopic (exact) mass is 472 g/mol. The number of carbonyl (C=O) groups is 2. The fourth-order valence-electron chi connectivity index (χ4n) is 3.72. The van der Waals surface area contributed by atoms with Gasteiger partial charge in [0, 0.05) is 16.9 Å². The van der Waals surface area contributed by atoms with Crippen molar-refractivity contribution in [3.63, 3.8) is 0 Å². The van der Waals surface area contributed by atoms with Crippen molar-refractivity contribution < 1.29 is 14.3 Å². The zero-order valence-electron chi connectivity index (χ0n) is 19.0. The van der Waals surface area contributed by atoms with E-state index >= 15 is 0 Å². The van der Waals surface area contributed by atoms with Crippen LogP contribution >= 0.6 is 11.3 Å². The van der Waals surface area contributed by atoms with Crippen LogP contribution in [0.25, 0.3) is 20.8 Å². The third-order valence-corrected chi connectivity index (χ3v) is 6.70. The molecule has 8 heteroatoms. The van der Waals surface area contributed by atoms with Crippen LogP contribution in [0.5, 0.6) is 5.75 Å². The topological polar surface area (TPSA) is 92.4 Å². The molecule has 0 aliphatic carbocycles. The van der Waals surface area contributed by atoms with E-state index < -0.39 is 12.1 Å². The van der Waals surface area contributed by atoms with E-state index in [1.165, 1.54) is 5.56 Å². The number of hydrogen-bond acceptors (Lipinski definition) is 6. The van der Waals surface area contributed by atoms with E-state index in [1.54, 1.807) is 37.3 Å². The number of anilines is 3. The molecule has 0 bridgehead atoms. The molecule has 2 heterocycles. The van der Waals surface area contributed by atoms with E-state index in [9.17, 15) is 9.59 Å². The second kappa shape index (κ2) is 8.79. The number of fused-ring (bicyclic) bond motifs is 2. The lowest BCUT2D eigenvalue weighted by Gasteiger charge is -2.24. The number of nitrogens with zero attached hydrogens (tertiary/aromatic N) is 1. The van der Waals surface area contributed by atoms with Crippen molar-refractivity contribution in [1.82, 2.24) is 4.98 Å². The molecule has 172 valence electrons. The van der Waals surface area contributed by atoms with Gasteiger partial charge in [-0.05, 0) is 80.9 Å². The second-order valence-electron chi connectivity index (χ2n) is 8.38. The first-order valence-corrected chi connectivity index (χ1v) is 11.8. The van der Waals surface area contributed by atoms with Gasteiger partial charge in [-0.2, -0.15) is 0 Å². The van der Waals surface area contributed by atoms with Crippen molar-refractivity contribution in [1.29, 1.82) is 0 Å². The first-order valence-electron chi connectivity index (χ1n) is 11.0. The SMILES string of the molecule is Cc1ccc2nc(-c3ccc(NC(=O)[C@@H](C)Nc4ccc5c(c4)NC(=O)[C@@H](C)O5)cc3)sc2c1. The van der Waals surface area contributed by atoms with Gasteiger partial charge >= 0.3 is 0 Å². The molecule has 1 aromatic heterocycles. The van der Waals surface area contributed by atoms with Gasteiger partial charge in [0.05, 0.1) is 15.9 Å². The Kier molecular flexibility index (Phi) is 5.67. The Balaban J connectivity index is 1.23. The molecule has 34 heavy (non-hydrogen) atoms. The third-order valence-electron chi connectivity index (χ3n) is 5.63.